The van der Waals surface area contributed by atoms with Gasteiger partial charge in [0.2, 0.25) is 0 Å². The van der Waals surface area contributed by atoms with Crippen LogP contribution in [0.15, 0.2) is 29.7 Å². The molecular weight excluding hydrogens is 290 g/mol. The number of aryl methyl sites for hydroxylation is 2. The van der Waals surface area contributed by atoms with Crippen molar-refractivity contribution in [2.45, 2.75) is 26.0 Å². The van der Waals surface area contributed by atoms with E-state index < -0.39 is 15.9 Å². The van der Waals surface area contributed by atoms with Crippen molar-refractivity contribution >= 4 is 9.84 Å². The molecule has 116 valence electrons. The lowest BCUT2D eigenvalue weighted by atomic mass is 10.1. The van der Waals surface area contributed by atoms with Crippen LogP contribution in [0.25, 0.3) is 0 Å². The summed E-state index contributed by atoms with van der Waals surface area (Å²) < 4.78 is 28.2. The average molecular weight is 311 g/mol. The largest absolute Gasteiger partial charge is 0.490 e. The number of ether oxygens (including phenoxy) is 1. The number of sulfone groups is 1. The first kappa shape index (κ1) is 16.0. The van der Waals surface area contributed by atoms with Crippen LogP contribution in [-0.4, -0.2) is 44.6 Å². The quantitative estimate of drug-likeness (QED) is 0.818. The van der Waals surface area contributed by atoms with Gasteiger partial charge in [-0.05, 0) is 25.0 Å². The number of aliphatic hydroxyl groups is 1. The molecule has 2 rings (SSSR count). The van der Waals surface area contributed by atoms with Crippen molar-refractivity contribution in [2.75, 3.05) is 18.9 Å². The fraction of sp³-hybridized carbons (Fsp3) is 0.467. The van der Waals surface area contributed by atoms with Crippen molar-refractivity contribution in [3.63, 3.8) is 0 Å². The molecule has 1 aliphatic rings. The van der Waals surface area contributed by atoms with E-state index in [1.807, 2.05) is 32.0 Å². The molecule has 5 nitrogen and oxygen atoms in total. The zero-order valence-electron chi connectivity index (χ0n) is 12.2. The lowest BCUT2D eigenvalue weighted by molar-refractivity contribution is 0.105. The van der Waals surface area contributed by atoms with Crippen LogP contribution in [0.5, 0.6) is 5.75 Å². The van der Waals surface area contributed by atoms with Gasteiger partial charge < -0.3 is 15.2 Å². The number of para-hydroxylation sites is 1. The van der Waals surface area contributed by atoms with Crippen LogP contribution in [0.2, 0.25) is 0 Å². The van der Waals surface area contributed by atoms with Crippen LogP contribution in [0.1, 0.15) is 11.1 Å². The Bertz CT molecular complexity index is 604. The minimum atomic E-state index is -3.07. The smallest absolute Gasteiger partial charge is 0.173 e. The third-order valence-corrected chi connectivity index (χ3v) is 4.77. The Morgan fingerprint density at radius 1 is 1.38 bits per heavy atom. The van der Waals surface area contributed by atoms with Gasteiger partial charge in [0.1, 0.15) is 18.5 Å². The summed E-state index contributed by atoms with van der Waals surface area (Å²) in [5.41, 5.74) is 2.06. The van der Waals surface area contributed by atoms with Gasteiger partial charge in [-0.2, -0.15) is 0 Å². The van der Waals surface area contributed by atoms with E-state index in [4.69, 9.17) is 4.74 Å². The van der Waals surface area contributed by atoms with Crippen molar-refractivity contribution in [2.24, 2.45) is 0 Å². The minimum Gasteiger partial charge on any atom is -0.490 e. The molecule has 2 unspecified atom stereocenters. The van der Waals surface area contributed by atoms with Crippen molar-refractivity contribution < 1.29 is 18.3 Å². The maximum Gasteiger partial charge on any atom is 0.173 e. The number of hydrogen-bond donors (Lipinski definition) is 2. The molecule has 0 spiro atoms. The average Bonchev–Trinajstić information content (AvgIpc) is 2.75. The summed E-state index contributed by atoms with van der Waals surface area (Å²) in [5, 5.41) is 14.1. The molecule has 0 fully saturated rings. The molecule has 0 saturated carbocycles. The first-order chi connectivity index (χ1) is 9.87. The van der Waals surface area contributed by atoms with Gasteiger partial charge in [0.15, 0.2) is 9.84 Å². The molecule has 0 saturated heterocycles. The van der Waals surface area contributed by atoms with Gasteiger partial charge in [-0.1, -0.05) is 24.3 Å². The fourth-order valence-corrected chi connectivity index (χ4v) is 3.53. The van der Waals surface area contributed by atoms with E-state index in [-0.39, 0.29) is 24.9 Å². The van der Waals surface area contributed by atoms with Gasteiger partial charge in [0.05, 0.1) is 5.75 Å². The summed E-state index contributed by atoms with van der Waals surface area (Å²) in [6.07, 6.45) is 0.912. The molecule has 1 aromatic rings. The Kier molecular flexibility index (Phi) is 5.03. The predicted octanol–water partition coefficient (Wildman–Crippen LogP) is 0.943. The molecule has 0 aromatic heterocycles. The van der Waals surface area contributed by atoms with Crippen LogP contribution in [0.3, 0.4) is 0 Å². The number of benzene rings is 1. The van der Waals surface area contributed by atoms with Crippen LogP contribution in [-0.2, 0) is 9.84 Å². The molecular formula is C15H21NO4S. The fourth-order valence-electron chi connectivity index (χ4n) is 2.26. The van der Waals surface area contributed by atoms with E-state index in [9.17, 15) is 13.5 Å². The number of aliphatic hydroxyl groups excluding tert-OH is 1. The van der Waals surface area contributed by atoms with Crippen LogP contribution in [0.4, 0.5) is 0 Å². The van der Waals surface area contributed by atoms with E-state index in [2.05, 4.69) is 5.32 Å². The SMILES string of the molecule is Cc1cccc(C)c1OCC(O)CNC1C=CS(=O)(=O)C1. The lowest BCUT2D eigenvalue weighted by Crippen LogP contribution is -2.38. The highest BCUT2D eigenvalue weighted by molar-refractivity contribution is 7.94. The summed E-state index contributed by atoms with van der Waals surface area (Å²) in [6, 6.07) is 5.65. The second-order valence-corrected chi connectivity index (χ2v) is 7.29. The highest BCUT2D eigenvalue weighted by Gasteiger charge is 2.21. The van der Waals surface area contributed by atoms with Crippen molar-refractivity contribution in [3.8, 4) is 5.75 Å². The normalized spacial score (nSPS) is 21.4. The van der Waals surface area contributed by atoms with Gasteiger partial charge in [-0.15, -0.1) is 0 Å². The van der Waals surface area contributed by atoms with Crippen LogP contribution < -0.4 is 10.1 Å². The molecule has 2 atom stereocenters. The second-order valence-electron chi connectivity index (χ2n) is 5.36. The summed E-state index contributed by atoms with van der Waals surface area (Å²) in [5.74, 6) is 0.845. The predicted molar refractivity (Wildman–Crippen MR) is 82.1 cm³/mol. The minimum absolute atomic E-state index is 0.0531. The Labute approximate surface area is 125 Å². The molecule has 6 heteroatoms. The molecule has 0 radical (unpaired) electrons. The first-order valence-electron chi connectivity index (χ1n) is 6.89. The Balaban J connectivity index is 1.78. The molecule has 1 heterocycles. The van der Waals surface area contributed by atoms with E-state index >= 15 is 0 Å². The van der Waals surface area contributed by atoms with E-state index in [1.54, 1.807) is 6.08 Å². The van der Waals surface area contributed by atoms with Crippen molar-refractivity contribution in [1.82, 2.24) is 5.32 Å². The number of hydrogen-bond acceptors (Lipinski definition) is 5. The molecule has 2 N–H and O–H groups in total. The summed E-state index contributed by atoms with van der Waals surface area (Å²) >= 11 is 0. The summed E-state index contributed by atoms with van der Waals surface area (Å²) in [7, 11) is -3.07. The molecule has 1 aromatic carbocycles. The standard InChI is InChI=1S/C15H21NO4S/c1-11-4-3-5-12(2)15(11)20-9-14(17)8-16-13-6-7-21(18,19)10-13/h3-7,13-14,16-17H,8-10H2,1-2H3. The van der Waals surface area contributed by atoms with Gasteiger partial charge in [0, 0.05) is 18.0 Å². The third kappa shape index (κ3) is 4.56. The van der Waals surface area contributed by atoms with Gasteiger partial charge in [0.25, 0.3) is 0 Å². The Hall–Kier alpha value is -1.37. The van der Waals surface area contributed by atoms with Gasteiger partial charge in [-0.3, -0.25) is 0 Å². The van der Waals surface area contributed by atoms with Crippen LogP contribution in [0, 0.1) is 13.8 Å². The highest BCUT2D eigenvalue weighted by atomic mass is 32.2. The van der Waals surface area contributed by atoms with Gasteiger partial charge >= 0.3 is 0 Å². The van der Waals surface area contributed by atoms with Crippen molar-refractivity contribution in [3.05, 3.63) is 40.8 Å². The van der Waals surface area contributed by atoms with Crippen LogP contribution >= 0.6 is 0 Å². The molecule has 1 aliphatic heterocycles. The van der Waals surface area contributed by atoms with E-state index in [0.717, 1.165) is 16.9 Å². The second kappa shape index (κ2) is 6.60. The van der Waals surface area contributed by atoms with Crippen molar-refractivity contribution in [1.29, 1.82) is 0 Å². The zero-order chi connectivity index (χ0) is 15.5. The monoisotopic (exact) mass is 311 g/mol. The maximum absolute atomic E-state index is 11.3. The molecule has 0 amide bonds. The number of nitrogens with one attached hydrogen (secondary N) is 1. The zero-order valence-corrected chi connectivity index (χ0v) is 13.1. The Morgan fingerprint density at radius 2 is 2.05 bits per heavy atom. The topological polar surface area (TPSA) is 75.6 Å². The highest BCUT2D eigenvalue weighted by Crippen LogP contribution is 2.22. The van der Waals surface area contributed by atoms with Gasteiger partial charge in [-0.25, -0.2) is 8.42 Å². The first-order valence-corrected chi connectivity index (χ1v) is 8.60. The third-order valence-electron chi connectivity index (χ3n) is 3.37. The summed E-state index contributed by atoms with van der Waals surface area (Å²) in [6.45, 7) is 4.37. The lowest BCUT2D eigenvalue weighted by Gasteiger charge is -2.17. The maximum atomic E-state index is 11.3. The number of rotatable bonds is 6. The molecule has 0 bridgehead atoms. The van der Waals surface area contributed by atoms with E-state index in [1.165, 1.54) is 5.41 Å². The van der Waals surface area contributed by atoms with E-state index in [0.29, 0.717) is 0 Å². The molecule has 21 heavy (non-hydrogen) atoms. The Morgan fingerprint density at radius 3 is 2.62 bits per heavy atom. The summed E-state index contributed by atoms with van der Waals surface area (Å²) in [4.78, 5) is 0. The molecule has 0 aliphatic carbocycles.